The number of aromatic nitrogens is 1. The lowest BCUT2D eigenvalue weighted by Gasteiger charge is -2.45. The summed E-state index contributed by atoms with van der Waals surface area (Å²) >= 11 is 1.62. The van der Waals surface area contributed by atoms with Gasteiger partial charge in [-0.1, -0.05) is 25.7 Å². The summed E-state index contributed by atoms with van der Waals surface area (Å²) in [5, 5.41) is 7.24. The van der Waals surface area contributed by atoms with Gasteiger partial charge in [0.1, 0.15) is 16.1 Å². The third-order valence-electron chi connectivity index (χ3n) is 8.82. The largest absolute Gasteiger partial charge is 0.379 e. The molecule has 1 atom stereocenters. The second kappa shape index (κ2) is 11.6. The molecule has 2 N–H and O–H groups in total. The Kier molecular flexibility index (Phi) is 8.35. The maximum Gasteiger partial charge on any atom is 0.273 e. The van der Waals surface area contributed by atoms with Gasteiger partial charge >= 0.3 is 0 Å². The van der Waals surface area contributed by atoms with Crippen LogP contribution in [0.2, 0.25) is 0 Å². The Morgan fingerprint density at radius 1 is 1.08 bits per heavy atom. The zero-order chi connectivity index (χ0) is 27.7. The number of nitrogens with zero attached hydrogens (tertiary/aromatic N) is 3. The highest BCUT2D eigenvalue weighted by Crippen LogP contribution is 2.44. The number of morpholine rings is 1. The average molecular weight is 558 g/mol. The molecule has 3 amide bonds. The molecule has 214 valence electrons. The summed E-state index contributed by atoms with van der Waals surface area (Å²) in [4.78, 5) is 47.0. The van der Waals surface area contributed by atoms with E-state index in [0.717, 1.165) is 85.6 Å². The van der Waals surface area contributed by atoms with Crippen molar-refractivity contribution in [2.45, 2.75) is 90.8 Å². The molecule has 0 bridgehead atoms. The van der Waals surface area contributed by atoms with E-state index in [0.29, 0.717) is 24.5 Å². The van der Waals surface area contributed by atoms with Crippen LogP contribution in [0.4, 0.5) is 5.69 Å². The van der Waals surface area contributed by atoms with E-state index in [1.54, 1.807) is 16.2 Å². The molecule has 2 aromatic heterocycles. The molecule has 9 nitrogen and oxygen atoms in total. The first-order chi connectivity index (χ1) is 18.7. The number of hydrogen-bond donors (Lipinski definition) is 2. The van der Waals surface area contributed by atoms with Crippen LogP contribution in [0.3, 0.4) is 0 Å². The Hall–Kier alpha value is -2.43. The predicted molar refractivity (Wildman–Crippen MR) is 155 cm³/mol. The van der Waals surface area contributed by atoms with E-state index >= 15 is 0 Å². The van der Waals surface area contributed by atoms with Crippen molar-refractivity contribution >= 4 is 45.0 Å². The number of aryl methyl sites for hydroxylation is 2. The monoisotopic (exact) mass is 557 g/mol. The molecular weight excluding hydrogens is 514 g/mol. The molecular formula is C29H43N5O4S. The highest BCUT2D eigenvalue weighted by Gasteiger charge is 2.49. The van der Waals surface area contributed by atoms with Crippen molar-refractivity contribution in [2.75, 3.05) is 44.7 Å². The minimum Gasteiger partial charge on any atom is -0.379 e. The minimum atomic E-state index is -1.04. The van der Waals surface area contributed by atoms with Crippen LogP contribution in [0.25, 0.3) is 10.2 Å². The second-order valence-corrected chi connectivity index (χ2v) is 12.9. The summed E-state index contributed by atoms with van der Waals surface area (Å²) < 4.78 is 7.49. The van der Waals surface area contributed by atoms with Crippen LogP contribution in [0.5, 0.6) is 0 Å². The summed E-state index contributed by atoms with van der Waals surface area (Å²) in [6.07, 6.45) is 7.41. The maximum absolute atomic E-state index is 14.4. The zero-order valence-corrected chi connectivity index (χ0v) is 24.7. The number of carbonyl (C=O) groups is 3. The van der Waals surface area contributed by atoms with Gasteiger partial charge in [-0.15, -0.1) is 11.3 Å². The van der Waals surface area contributed by atoms with Crippen LogP contribution in [-0.2, 0) is 20.9 Å². The van der Waals surface area contributed by atoms with E-state index < -0.39 is 5.54 Å². The molecule has 39 heavy (non-hydrogen) atoms. The molecule has 2 fully saturated rings. The summed E-state index contributed by atoms with van der Waals surface area (Å²) in [5.74, 6) is -0.474. The van der Waals surface area contributed by atoms with Crippen LogP contribution >= 0.6 is 11.3 Å². The van der Waals surface area contributed by atoms with Gasteiger partial charge < -0.3 is 24.8 Å². The number of ether oxygens (including phenoxy) is 1. The third-order valence-corrected chi connectivity index (χ3v) is 10.0. The van der Waals surface area contributed by atoms with Crippen molar-refractivity contribution in [1.82, 2.24) is 19.7 Å². The molecule has 0 aromatic carbocycles. The lowest BCUT2D eigenvalue weighted by atomic mass is 9.93. The van der Waals surface area contributed by atoms with E-state index in [-0.39, 0.29) is 23.8 Å². The maximum atomic E-state index is 14.4. The number of carbonyl (C=O) groups excluding carboxylic acids is 3. The molecule has 4 heterocycles. The summed E-state index contributed by atoms with van der Waals surface area (Å²) in [6.45, 7) is 12.4. The molecule has 2 aliphatic heterocycles. The standard InChI is InChI=1S/C29H43N5O4S/c1-19-20(2)39-27-23(19)24(30-21(3)35)25-26(36)34(13-9-12-32-14-16-38-17-15-32)29(4,18-33(25)27)28(37)31-22-10-7-5-6-8-11-22/h22H,5-18H2,1-4H3,(H,30,35)(H,31,37). The second-order valence-electron chi connectivity index (χ2n) is 11.7. The molecule has 1 aliphatic carbocycles. The SMILES string of the molecule is CC(=O)Nc1c2n(c3sc(C)c(C)c13)CC(C)(C(=O)NC1CCCCCC1)N(CCCN1CCOCC1)C2=O. The summed E-state index contributed by atoms with van der Waals surface area (Å²) in [5.41, 5.74) is 1.10. The normalized spacial score (nSPS) is 23.1. The molecule has 5 rings (SSSR count). The molecule has 1 saturated carbocycles. The third kappa shape index (κ3) is 5.47. The van der Waals surface area contributed by atoms with Crippen LogP contribution in [0.1, 0.15) is 79.7 Å². The van der Waals surface area contributed by atoms with Crippen LogP contribution in [0.15, 0.2) is 0 Å². The van der Waals surface area contributed by atoms with Crippen molar-refractivity contribution in [2.24, 2.45) is 0 Å². The van der Waals surface area contributed by atoms with Gasteiger partial charge in [-0.3, -0.25) is 19.3 Å². The number of rotatable bonds is 7. The van der Waals surface area contributed by atoms with E-state index in [9.17, 15) is 14.4 Å². The Bertz CT molecular complexity index is 1240. The zero-order valence-electron chi connectivity index (χ0n) is 23.9. The number of hydrogen-bond acceptors (Lipinski definition) is 6. The van der Waals surface area contributed by atoms with Gasteiger partial charge in [0.05, 0.1) is 25.4 Å². The first-order valence-corrected chi connectivity index (χ1v) is 15.3. The molecule has 0 radical (unpaired) electrons. The fourth-order valence-corrected chi connectivity index (χ4v) is 7.62. The van der Waals surface area contributed by atoms with Gasteiger partial charge in [0.25, 0.3) is 5.91 Å². The van der Waals surface area contributed by atoms with Gasteiger partial charge in [-0.05, 0) is 45.6 Å². The molecule has 1 saturated heterocycles. The molecule has 1 unspecified atom stereocenters. The van der Waals surface area contributed by atoms with Gasteiger partial charge in [0, 0.05) is 49.4 Å². The first kappa shape index (κ1) is 28.1. The number of amides is 3. The summed E-state index contributed by atoms with van der Waals surface area (Å²) in [6, 6.07) is 0.148. The van der Waals surface area contributed by atoms with Crippen molar-refractivity contribution in [3.8, 4) is 0 Å². The topological polar surface area (TPSA) is 95.9 Å². The Balaban J connectivity index is 1.51. The molecule has 0 spiro atoms. The van der Waals surface area contributed by atoms with Gasteiger partial charge in [-0.2, -0.15) is 0 Å². The quantitative estimate of drug-likeness (QED) is 0.501. The summed E-state index contributed by atoms with van der Waals surface area (Å²) in [7, 11) is 0. The van der Waals surface area contributed by atoms with Crippen molar-refractivity contribution < 1.29 is 19.1 Å². The highest BCUT2D eigenvalue weighted by atomic mass is 32.1. The van der Waals surface area contributed by atoms with Crippen molar-refractivity contribution in [1.29, 1.82) is 0 Å². The van der Waals surface area contributed by atoms with E-state index in [1.165, 1.54) is 19.8 Å². The van der Waals surface area contributed by atoms with Crippen LogP contribution in [0, 0.1) is 13.8 Å². The van der Waals surface area contributed by atoms with Crippen LogP contribution in [-0.4, -0.2) is 83.1 Å². The lowest BCUT2D eigenvalue weighted by Crippen LogP contribution is -2.65. The Morgan fingerprint density at radius 3 is 2.44 bits per heavy atom. The molecule has 3 aliphatic rings. The van der Waals surface area contributed by atoms with Gasteiger partial charge in [0.15, 0.2) is 0 Å². The number of fused-ring (bicyclic) bond motifs is 3. The molecule has 2 aromatic rings. The van der Waals surface area contributed by atoms with Crippen molar-refractivity contribution in [3.05, 3.63) is 16.1 Å². The lowest BCUT2D eigenvalue weighted by molar-refractivity contribution is -0.133. The van der Waals surface area contributed by atoms with E-state index in [1.807, 2.05) is 18.4 Å². The number of nitrogens with one attached hydrogen (secondary N) is 2. The highest BCUT2D eigenvalue weighted by molar-refractivity contribution is 7.19. The fraction of sp³-hybridized carbons (Fsp3) is 0.690. The van der Waals surface area contributed by atoms with Crippen molar-refractivity contribution in [3.63, 3.8) is 0 Å². The molecule has 10 heteroatoms. The fourth-order valence-electron chi connectivity index (χ4n) is 6.45. The number of thiophene rings is 1. The van der Waals surface area contributed by atoms with Gasteiger partial charge in [0.2, 0.25) is 11.8 Å². The predicted octanol–water partition coefficient (Wildman–Crippen LogP) is 4.05. The van der Waals surface area contributed by atoms with Gasteiger partial charge in [-0.25, -0.2) is 0 Å². The number of anilines is 1. The van der Waals surface area contributed by atoms with E-state index in [2.05, 4.69) is 22.5 Å². The Labute approximate surface area is 235 Å². The van der Waals surface area contributed by atoms with Crippen LogP contribution < -0.4 is 10.6 Å². The minimum absolute atomic E-state index is 0.0762. The van der Waals surface area contributed by atoms with E-state index in [4.69, 9.17) is 4.74 Å². The first-order valence-electron chi connectivity index (χ1n) is 14.5. The Morgan fingerprint density at radius 2 is 1.77 bits per heavy atom. The smallest absolute Gasteiger partial charge is 0.273 e. The average Bonchev–Trinajstić information content (AvgIpc) is 3.20.